The Morgan fingerprint density at radius 1 is 1.00 bits per heavy atom. The molecule has 0 amide bonds. The molecule has 0 saturated carbocycles. The van der Waals surface area contributed by atoms with Crippen molar-refractivity contribution in [3.8, 4) is 0 Å². The summed E-state index contributed by atoms with van der Waals surface area (Å²) in [5.41, 5.74) is 0.284. The summed E-state index contributed by atoms with van der Waals surface area (Å²) in [5.74, 6) is 0. The number of nitro benzene ring substituents is 2. The van der Waals surface area contributed by atoms with Gasteiger partial charge in [0.05, 0.1) is 15.9 Å². The van der Waals surface area contributed by atoms with Crippen molar-refractivity contribution in [2.24, 2.45) is 0 Å². The molecule has 0 aliphatic rings. The smallest absolute Gasteiger partial charge is 0.299 e. The third-order valence-electron chi connectivity index (χ3n) is 3.43. The van der Waals surface area contributed by atoms with Crippen molar-refractivity contribution in [2.75, 3.05) is 5.32 Å². The summed E-state index contributed by atoms with van der Waals surface area (Å²) >= 11 is 3.33. The summed E-state index contributed by atoms with van der Waals surface area (Å²) in [4.78, 5) is 21.3. The predicted molar refractivity (Wildman–Crippen MR) is 95.9 cm³/mol. The molecule has 2 aromatic carbocycles. The highest BCUT2D eigenvalue weighted by Crippen LogP contribution is 2.41. The molecular weight excluding hydrogens is 378 g/mol. The van der Waals surface area contributed by atoms with Crippen molar-refractivity contribution in [3.05, 3.63) is 66.7 Å². The summed E-state index contributed by atoms with van der Waals surface area (Å²) in [7, 11) is 0. The van der Waals surface area contributed by atoms with Crippen LogP contribution in [0.3, 0.4) is 0 Å². The van der Waals surface area contributed by atoms with Gasteiger partial charge in [0.25, 0.3) is 11.4 Å². The van der Waals surface area contributed by atoms with E-state index in [1.54, 1.807) is 24.3 Å². The van der Waals surface area contributed by atoms with Crippen LogP contribution in [0.2, 0.25) is 0 Å². The molecule has 0 bridgehead atoms. The van der Waals surface area contributed by atoms with Gasteiger partial charge in [0.2, 0.25) is 0 Å². The van der Waals surface area contributed by atoms with Crippen molar-refractivity contribution in [3.63, 3.8) is 0 Å². The van der Waals surface area contributed by atoms with Gasteiger partial charge < -0.3 is 5.32 Å². The van der Waals surface area contributed by atoms with E-state index in [0.717, 1.165) is 10.5 Å². The van der Waals surface area contributed by atoms with Gasteiger partial charge in [-0.3, -0.25) is 20.2 Å². The zero-order valence-electron chi connectivity index (χ0n) is 13.4. The Labute approximate surface area is 147 Å². The third kappa shape index (κ3) is 3.88. The summed E-state index contributed by atoms with van der Waals surface area (Å²) in [5, 5.41) is 25.6. The fourth-order valence-corrected chi connectivity index (χ4v) is 2.53. The van der Waals surface area contributed by atoms with Crippen LogP contribution < -0.4 is 5.32 Å². The fraction of sp³-hybridized carbons (Fsp3) is 0.250. The van der Waals surface area contributed by atoms with Gasteiger partial charge in [-0.25, -0.2) is 0 Å². The van der Waals surface area contributed by atoms with Crippen LogP contribution in [0.5, 0.6) is 0 Å². The maximum Gasteiger partial charge on any atom is 0.299 e. The minimum Gasteiger partial charge on any atom is -0.350 e. The van der Waals surface area contributed by atoms with E-state index in [4.69, 9.17) is 0 Å². The van der Waals surface area contributed by atoms with Gasteiger partial charge in [-0.2, -0.15) is 0 Å². The van der Waals surface area contributed by atoms with Gasteiger partial charge in [0, 0.05) is 16.2 Å². The van der Waals surface area contributed by atoms with E-state index in [0.29, 0.717) is 11.3 Å². The van der Waals surface area contributed by atoms with Crippen LogP contribution in [0.4, 0.5) is 22.7 Å². The zero-order valence-corrected chi connectivity index (χ0v) is 15.0. The molecule has 1 N–H and O–H groups in total. The predicted octanol–water partition coefficient (Wildman–Crippen LogP) is 5.31. The molecule has 0 aliphatic heterocycles. The summed E-state index contributed by atoms with van der Waals surface area (Å²) in [6.45, 7) is 5.55. The van der Waals surface area contributed by atoms with Crippen molar-refractivity contribution in [2.45, 2.75) is 26.2 Å². The summed E-state index contributed by atoms with van der Waals surface area (Å²) < 4.78 is 0.877. The molecule has 8 heteroatoms. The van der Waals surface area contributed by atoms with Crippen LogP contribution in [-0.2, 0) is 5.41 Å². The number of hydrogen-bond donors (Lipinski definition) is 1. The van der Waals surface area contributed by atoms with Crippen LogP contribution >= 0.6 is 15.9 Å². The van der Waals surface area contributed by atoms with Gasteiger partial charge in [0.15, 0.2) is 0 Å². The average Bonchev–Trinajstić information content (AvgIpc) is 2.48. The molecule has 0 aliphatic carbocycles. The third-order valence-corrected chi connectivity index (χ3v) is 3.96. The largest absolute Gasteiger partial charge is 0.350 e. The quantitative estimate of drug-likeness (QED) is 0.560. The molecule has 0 atom stereocenters. The topological polar surface area (TPSA) is 98.3 Å². The van der Waals surface area contributed by atoms with Crippen molar-refractivity contribution in [1.82, 2.24) is 0 Å². The molecule has 7 nitrogen and oxygen atoms in total. The number of anilines is 2. The second-order valence-corrected chi connectivity index (χ2v) is 7.20. The van der Waals surface area contributed by atoms with E-state index >= 15 is 0 Å². The normalized spacial score (nSPS) is 11.2. The molecule has 0 unspecified atom stereocenters. The first-order valence-corrected chi connectivity index (χ1v) is 7.89. The van der Waals surface area contributed by atoms with Gasteiger partial charge in [-0.05, 0) is 35.2 Å². The van der Waals surface area contributed by atoms with Crippen molar-refractivity contribution >= 4 is 38.7 Å². The second kappa shape index (κ2) is 6.56. The second-order valence-electron chi connectivity index (χ2n) is 6.28. The highest BCUT2D eigenvalue weighted by atomic mass is 79.9. The molecule has 0 fully saturated rings. The van der Waals surface area contributed by atoms with Gasteiger partial charge in [-0.15, -0.1) is 0 Å². The first-order chi connectivity index (χ1) is 11.1. The molecule has 2 rings (SSSR count). The Kier molecular flexibility index (Phi) is 4.88. The molecule has 0 aromatic heterocycles. The van der Waals surface area contributed by atoms with Crippen LogP contribution in [0.1, 0.15) is 26.3 Å². The maximum absolute atomic E-state index is 11.5. The Morgan fingerprint density at radius 3 is 2.04 bits per heavy atom. The number of benzene rings is 2. The molecule has 0 saturated heterocycles. The Balaban J connectivity index is 2.68. The monoisotopic (exact) mass is 393 g/mol. The molecule has 2 aromatic rings. The van der Waals surface area contributed by atoms with E-state index in [1.165, 1.54) is 6.07 Å². The van der Waals surface area contributed by atoms with Crippen LogP contribution in [0, 0.1) is 20.2 Å². The van der Waals surface area contributed by atoms with E-state index in [-0.39, 0.29) is 17.1 Å². The highest BCUT2D eigenvalue weighted by Gasteiger charge is 2.29. The number of halogens is 1. The molecule has 0 radical (unpaired) electrons. The van der Waals surface area contributed by atoms with E-state index in [1.807, 2.05) is 20.8 Å². The molecule has 0 heterocycles. The fourth-order valence-electron chi connectivity index (χ4n) is 2.26. The van der Waals surface area contributed by atoms with Gasteiger partial charge in [0.1, 0.15) is 5.69 Å². The van der Waals surface area contributed by atoms with E-state index in [9.17, 15) is 20.2 Å². The molecule has 126 valence electrons. The lowest BCUT2D eigenvalue weighted by Gasteiger charge is -2.23. The van der Waals surface area contributed by atoms with Crippen LogP contribution in [-0.4, -0.2) is 9.85 Å². The Bertz CT molecular complexity index is 798. The number of nitrogens with one attached hydrogen (secondary N) is 1. The number of nitrogens with zero attached hydrogens (tertiary/aromatic N) is 2. The first kappa shape index (κ1) is 17.9. The first-order valence-electron chi connectivity index (χ1n) is 7.09. The van der Waals surface area contributed by atoms with E-state index in [2.05, 4.69) is 21.2 Å². The molecule has 24 heavy (non-hydrogen) atoms. The maximum atomic E-state index is 11.5. The van der Waals surface area contributed by atoms with Gasteiger partial charge >= 0.3 is 0 Å². The Hall–Kier alpha value is -2.48. The molecular formula is C16H16BrN3O4. The summed E-state index contributed by atoms with van der Waals surface area (Å²) in [6, 6.07) is 9.50. The lowest BCUT2D eigenvalue weighted by Crippen LogP contribution is -2.15. The lowest BCUT2D eigenvalue weighted by molar-refractivity contribution is -0.393. The molecule has 0 spiro atoms. The number of non-ortho nitro benzene ring substituents is 1. The zero-order chi connectivity index (χ0) is 18.1. The van der Waals surface area contributed by atoms with E-state index < -0.39 is 15.3 Å². The summed E-state index contributed by atoms with van der Waals surface area (Å²) in [6.07, 6.45) is 0. The van der Waals surface area contributed by atoms with Crippen LogP contribution in [0.25, 0.3) is 0 Å². The standard InChI is InChI=1S/C16H16BrN3O4/c1-16(2,3)13-8-12(19(21)22)9-14(20(23)24)15(13)18-11-6-4-10(17)5-7-11/h4-9,18H,1-3H3. The number of nitro groups is 2. The Morgan fingerprint density at radius 2 is 1.58 bits per heavy atom. The average molecular weight is 394 g/mol. The lowest BCUT2D eigenvalue weighted by atomic mass is 9.84. The van der Waals surface area contributed by atoms with Crippen LogP contribution in [0.15, 0.2) is 40.9 Å². The SMILES string of the molecule is CC(C)(C)c1cc([N+](=O)[O-])cc([N+](=O)[O-])c1Nc1ccc(Br)cc1. The minimum atomic E-state index is -0.619. The highest BCUT2D eigenvalue weighted by molar-refractivity contribution is 9.10. The van der Waals surface area contributed by atoms with Crippen molar-refractivity contribution in [1.29, 1.82) is 0 Å². The minimum absolute atomic E-state index is 0.264. The van der Waals surface area contributed by atoms with Crippen molar-refractivity contribution < 1.29 is 9.85 Å². The number of rotatable bonds is 4. The van der Waals surface area contributed by atoms with Gasteiger partial charge in [-0.1, -0.05) is 36.7 Å². The number of hydrogen-bond acceptors (Lipinski definition) is 5.